The number of nitrogens with one attached hydrogen (secondary N) is 2. The molecule has 3 rings (SSSR count). The monoisotopic (exact) mass is 497 g/mol. The van der Waals surface area contributed by atoms with Crippen LogP contribution in [0.5, 0.6) is 5.75 Å². The zero-order valence-electron chi connectivity index (χ0n) is 18.5. The molecule has 0 bridgehead atoms. The van der Waals surface area contributed by atoms with Crippen LogP contribution >= 0.6 is 0 Å². The van der Waals surface area contributed by atoms with Crippen LogP contribution in [0, 0.1) is 6.92 Å². The molecule has 34 heavy (non-hydrogen) atoms. The van der Waals surface area contributed by atoms with Crippen LogP contribution in [0.1, 0.15) is 29.2 Å². The Morgan fingerprint density at radius 1 is 1.12 bits per heavy atom. The van der Waals surface area contributed by atoms with E-state index in [1.165, 1.54) is 22.5 Å². The third kappa shape index (κ3) is 6.73. The number of ether oxygens (including phenoxy) is 1. The summed E-state index contributed by atoms with van der Waals surface area (Å²) in [6.45, 7) is 6.11. The summed E-state index contributed by atoms with van der Waals surface area (Å²) in [5.41, 5.74) is 1.96. The van der Waals surface area contributed by atoms with E-state index in [4.69, 9.17) is 0 Å². The molecule has 1 heterocycles. The summed E-state index contributed by atoms with van der Waals surface area (Å²) in [5.74, 6) is -0.393. The van der Waals surface area contributed by atoms with Gasteiger partial charge in [0.1, 0.15) is 11.0 Å². The van der Waals surface area contributed by atoms with Gasteiger partial charge in [-0.2, -0.15) is 0 Å². The summed E-state index contributed by atoms with van der Waals surface area (Å²) in [7, 11) is -3.66. The van der Waals surface area contributed by atoms with Gasteiger partial charge in [0.25, 0.3) is 0 Å². The van der Waals surface area contributed by atoms with Gasteiger partial charge in [-0.15, -0.1) is 19.8 Å². The van der Waals surface area contributed by atoms with Crippen LogP contribution in [0.4, 0.5) is 23.7 Å². The molecule has 11 heteroatoms. The maximum Gasteiger partial charge on any atom is 0.573 e. The highest BCUT2D eigenvalue weighted by Crippen LogP contribution is 2.29. The fourth-order valence-corrected chi connectivity index (χ4v) is 5.48. The lowest BCUT2D eigenvalue weighted by molar-refractivity contribution is -0.274. The first kappa shape index (κ1) is 25.6. The Bertz CT molecular complexity index is 1100. The first-order chi connectivity index (χ1) is 16.0. The summed E-state index contributed by atoms with van der Waals surface area (Å²) in [5, 5.41) is 4.46. The van der Waals surface area contributed by atoms with Crippen molar-refractivity contribution in [2.24, 2.45) is 0 Å². The predicted octanol–water partition coefficient (Wildman–Crippen LogP) is 4.74. The molecule has 2 N–H and O–H groups in total. The molecule has 7 nitrogen and oxygen atoms in total. The molecule has 0 aliphatic carbocycles. The lowest BCUT2D eigenvalue weighted by Crippen LogP contribution is -2.48. The summed E-state index contributed by atoms with van der Waals surface area (Å²) in [4.78, 5) is 12.3. The van der Waals surface area contributed by atoms with Crippen LogP contribution < -0.4 is 15.4 Å². The third-order valence-electron chi connectivity index (χ3n) is 5.44. The lowest BCUT2D eigenvalue weighted by atomic mass is 10.1. The van der Waals surface area contributed by atoms with Gasteiger partial charge in [0.05, 0.1) is 0 Å². The predicted molar refractivity (Wildman–Crippen MR) is 123 cm³/mol. The Balaban J connectivity index is 1.52. The number of benzene rings is 2. The molecule has 1 atom stereocenters. The van der Waals surface area contributed by atoms with Gasteiger partial charge in [0.15, 0.2) is 0 Å². The lowest BCUT2D eigenvalue weighted by Gasteiger charge is -2.33. The first-order valence-electron chi connectivity index (χ1n) is 10.6. The summed E-state index contributed by atoms with van der Waals surface area (Å²) < 4.78 is 68.2. The minimum Gasteiger partial charge on any atom is -0.406 e. The van der Waals surface area contributed by atoms with Gasteiger partial charge < -0.3 is 15.4 Å². The van der Waals surface area contributed by atoms with Crippen LogP contribution in [-0.2, 0) is 10.0 Å². The first-order valence-corrected chi connectivity index (χ1v) is 12.1. The van der Waals surface area contributed by atoms with Gasteiger partial charge in [-0.25, -0.2) is 17.5 Å². The molecule has 184 valence electrons. The molecule has 0 spiro atoms. The third-order valence-corrected chi connectivity index (χ3v) is 7.63. The Morgan fingerprint density at radius 3 is 2.24 bits per heavy atom. The number of alkyl halides is 3. The zero-order chi connectivity index (χ0) is 24.9. The van der Waals surface area contributed by atoms with E-state index < -0.39 is 33.4 Å². The van der Waals surface area contributed by atoms with Crippen LogP contribution in [-0.4, -0.2) is 44.2 Å². The van der Waals surface area contributed by atoms with E-state index in [-0.39, 0.29) is 19.1 Å². The number of hydrogen-bond donors (Lipinski definition) is 2. The number of piperidine rings is 1. The molecule has 2 aromatic rings. The Kier molecular flexibility index (Phi) is 7.88. The molecule has 1 saturated heterocycles. The number of rotatable bonds is 7. The number of sulfonamides is 1. The molecular weight excluding hydrogens is 471 g/mol. The molecule has 0 radical (unpaired) electrons. The van der Waals surface area contributed by atoms with Gasteiger partial charge in [-0.3, -0.25) is 0 Å². The van der Waals surface area contributed by atoms with Gasteiger partial charge in [0.2, 0.25) is 10.0 Å². The molecule has 1 fully saturated rings. The van der Waals surface area contributed by atoms with Crippen molar-refractivity contribution >= 4 is 21.7 Å². The van der Waals surface area contributed by atoms with E-state index in [9.17, 15) is 26.4 Å². The normalized spacial score (nSPS) is 16.5. The van der Waals surface area contributed by atoms with E-state index in [0.717, 1.165) is 17.7 Å². The topological polar surface area (TPSA) is 87.7 Å². The average Bonchev–Trinajstić information content (AvgIpc) is 2.76. The van der Waals surface area contributed by atoms with Gasteiger partial charge in [-0.05, 0) is 49.6 Å². The van der Waals surface area contributed by atoms with E-state index in [0.29, 0.717) is 24.1 Å². The highest BCUT2D eigenvalue weighted by atomic mass is 32.2. The van der Waals surface area contributed by atoms with Gasteiger partial charge >= 0.3 is 12.4 Å². The van der Waals surface area contributed by atoms with E-state index >= 15 is 0 Å². The average molecular weight is 498 g/mol. The number of carbonyl (C=O) groups is 1. The Hall–Kier alpha value is -3.05. The fraction of sp³-hybridized carbons (Fsp3) is 0.348. The minimum absolute atomic E-state index is 0.243. The summed E-state index contributed by atoms with van der Waals surface area (Å²) >= 11 is 0. The quantitative estimate of drug-likeness (QED) is 0.541. The second kappa shape index (κ2) is 10.5. The standard InChI is InChI=1S/C23H26F3N3O4S/c1-3-21(17-6-4-16(2)5-7-17)34(31,32)29-14-12-19(13-15-29)28-22(30)27-18-8-10-20(11-9-18)33-23(24,25)26/h3-11,19,21H,1,12-15H2,2H3,(H2,27,28,30). The maximum atomic E-state index is 13.2. The van der Waals surface area contributed by atoms with Crippen molar-refractivity contribution in [1.82, 2.24) is 9.62 Å². The van der Waals surface area contributed by atoms with Crippen molar-refractivity contribution in [2.75, 3.05) is 18.4 Å². The number of amides is 2. The molecule has 1 unspecified atom stereocenters. The molecular formula is C23H26F3N3O4S. The highest BCUT2D eigenvalue weighted by Gasteiger charge is 2.34. The fourth-order valence-electron chi connectivity index (χ4n) is 3.69. The highest BCUT2D eigenvalue weighted by molar-refractivity contribution is 7.89. The second-order valence-electron chi connectivity index (χ2n) is 7.96. The Labute approximate surface area is 196 Å². The van der Waals surface area contributed by atoms with Crippen molar-refractivity contribution in [2.45, 2.75) is 37.4 Å². The number of halogens is 3. The number of aryl methyl sites for hydroxylation is 1. The number of carbonyl (C=O) groups excluding carboxylic acids is 1. The van der Waals surface area contributed by atoms with E-state index in [1.807, 2.05) is 19.1 Å². The summed E-state index contributed by atoms with van der Waals surface area (Å²) in [6.07, 6.45) is -2.53. The van der Waals surface area contributed by atoms with E-state index in [1.54, 1.807) is 12.1 Å². The number of urea groups is 1. The number of anilines is 1. The van der Waals surface area contributed by atoms with Crippen molar-refractivity contribution < 1.29 is 31.1 Å². The van der Waals surface area contributed by atoms with Crippen molar-refractivity contribution in [1.29, 1.82) is 0 Å². The molecule has 0 aromatic heterocycles. The smallest absolute Gasteiger partial charge is 0.406 e. The number of nitrogens with zero attached hydrogens (tertiary/aromatic N) is 1. The Morgan fingerprint density at radius 2 is 1.71 bits per heavy atom. The van der Waals surface area contributed by atoms with E-state index in [2.05, 4.69) is 21.9 Å². The minimum atomic E-state index is -4.79. The van der Waals surface area contributed by atoms with Crippen LogP contribution in [0.25, 0.3) is 0 Å². The zero-order valence-corrected chi connectivity index (χ0v) is 19.3. The molecule has 2 aromatic carbocycles. The van der Waals surface area contributed by atoms with Gasteiger partial charge in [0, 0.05) is 24.8 Å². The van der Waals surface area contributed by atoms with Crippen LogP contribution in [0.2, 0.25) is 0 Å². The molecule has 1 aliphatic rings. The largest absolute Gasteiger partial charge is 0.573 e. The summed E-state index contributed by atoms with van der Waals surface area (Å²) in [6, 6.07) is 11.2. The SMILES string of the molecule is C=CC(c1ccc(C)cc1)S(=O)(=O)N1CCC(NC(=O)Nc2ccc(OC(F)(F)F)cc2)CC1. The molecule has 2 amide bonds. The van der Waals surface area contributed by atoms with Gasteiger partial charge in [-0.1, -0.05) is 35.9 Å². The van der Waals surface area contributed by atoms with Crippen molar-refractivity contribution in [3.05, 3.63) is 72.3 Å². The van der Waals surface area contributed by atoms with Crippen LogP contribution in [0.3, 0.4) is 0 Å². The molecule has 0 saturated carbocycles. The number of hydrogen-bond acceptors (Lipinski definition) is 4. The maximum absolute atomic E-state index is 13.2. The van der Waals surface area contributed by atoms with Crippen molar-refractivity contribution in [3.8, 4) is 5.75 Å². The van der Waals surface area contributed by atoms with Crippen molar-refractivity contribution in [3.63, 3.8) is 0 Å². The second-order valence-corrected chi connectivity index (χ2v) is 10.0. The molecule has 1 aliphatic heterocycles. The van der Waals surface area contributed by atoms with Crippen LogP contribution in [0.15, 0.2) is 61.2 Å².